The van der Waals surface area contributed by atoms with E-state index in [1.807, 2.05) is 6.92 Å². The summed E-state index contributed by atoms with van der Waals surface area (Å²) in [4.78, 5) is 16.8. The van der Waals surface area contributed by atoms with E-state index in [0.717, 1.165) is 37.5 Å². The first-order chi connectivity index (χ1) is 12.2. The Bertz CT molecular complexity index is 731. The highest BCUT2D eigenvalue weighted by Gasteiger charge is 2.23. The number of fused-ring (bicyclic) bond motifs is 1. The van der Waals surface area contributed by atoms with E-state index in [2.05, 4.69) is 25.1 Å². The Hall–Kier alpha value is -2.48. The van der Waals surface area contributed by atoms with E-state index in [9.17, 15) is 4.79 Å². The van der Waals surface area contributed by atoms with Gasteiger partial charge < -0.3 is 19.4 Å². The molecule has 0 spiro atoms. The molecule has 1 aliphatic rings. The summed E-state index contributed by atoms with van der Waals surface area (Å²) in [5, 5.41) is 11.5. The fourth-order valence-corrected chi connectivity index (χ4v) is 3.01. The normalized spacial score (nSPS) is 16.8. The van der Waals surface area contributed by atoms with Crippen molar-refractivity contribution < 1.29 is 14.3 Å². The highest BCUT2D eigenvalue weighted by molar-refractivity contribution is 5.96. The number of rotatable bonds is 6. The van der Waals surface area contributed by atoms with Gasteiger partial charge in [-0.15, -0.1) is 10.2 Å². The second-order valence-electron chi connectivity index (χ2n) is 5.90. The SMILES string of the molecule is CCOc1ncccc1C(=O)NC1CCc2nnc(COC)n2CC1. The molecule has 2 aromatic heterocycles. The van der Waals surface area contributed by atoms with Crippen molar-refractivity contribution in [2.45, 2.75) is 45.4 Å². The second kappa shape index (κ2) is 8.06. The molecule has 1 amide bonds. The minimum absolute atomic E-state index is 0.0688. The van der Waals surface area contributed by atoms with Crippen LogP contribution in [0.2, 0.25) is 0 Å². The van der Waals surface area contributed by atoms with E-state index in [1.165, 1.54) is 0 Å². The van der Waals surface area contributed by atoms with Crippen LogP contribution >= 0.6 is 0 Å². The van der Waals surface area contributed by atoms with Crippen LogP contribution in [-0.2, 0) is 24.3 Å². The Morgan fingerprint density at radius 2 is 2.28 bits per heavy atom. The summed E-state index contributed by atoms with van der Waals surface area (Å²) < 4.78 is 12.7. The molecule has 0 saturated carbocycles. The van der Waals surface area contributed by atoms with Crippen LogP contribution in [0.1, 0.15) is 41.8 Å². The molecule has 0 aromatic carbocycles. The number of amides is 1. The van der Waals surface area contributed by atoms with Crippen LogP contribution in [0, 0.1) is 0 Å². The summed E-state index contributed by atoms with van der Waals surface area (Å²) in [6.45, 7) is 3.54. The number of aromatic nitrogens is 4. The van der Waals surface area contributed by atoms with Crippen molar-refractivity contribution in [2.24, 2.45) is 0 Å². The zero-order valence-electron chi connectivity index (χ0n) is 14.6. The number of nitrogens with zero attached hydrogens (tertiary/aromatic N) is 4. The summed E-state index contributed by atoms with van der Waals surface area (Å²) in [6, 6.07) is 3.54. The summed E-state index contributed by atoms with van der Waals surface area (Å²) in [7, 11) is 1.64. The average Bonchev–Trinajstić information content (AvgIpc) is 2.88. The number of pyridine rings is 1. The van der Waals surface area contributed by atoms with Crippen LogP contribution in [0.15, 0.2) is 18.3 Å². The first-order valence-corrected chi connectivity index (χ1v) is 8.51. The molecule has 1 atom stereocenters. The van der Waals surface area contributed by atoms with Crippen LogP contribution in [0.25, 0.3) is 0 Å². The third kappa shape index (κ3) is 3.96. The quantitative estimate of drug-likeness (QED) is 0.850. The number of hydrogen-bond donors (Lipinski definition) is 1. The monoisotopic (exact) mass is 345 g/mol. The van der Waals surface area contributed by atoms with E-state index in [1.54, 1.807) is 25.4 Å². The molecule has 3 heterocycles. The fraction of sp³-hybridized carbons (Fsp3) is 0.529. The largest absolute Gasteiger partial charge is 0.477 e. The number of ether oxygens (including phenoxy) is 2. The topological polar surface area (TPSA) is 91.2 Å². The van der Waals surface area contributed by atoms with Crippen molar-refractivity contribution in [1.82, 2.24) is 25.1 Å². The molecule has 25 heavy (non-hydrogen) atoms. The van der Waals surface area contributed by atoms with Gasteiger partial charge in [-0.25, -0.2) is 4.98 Å². The van der Waals surface area contributed by atoms with Crippen LogP contribution < -0.4 is 10.1 Å². The van der Waals surface area contributed by atoms with Crippen LogP contribution in [0.5, 0.6) is 5.88 Å². The minimum Gasteiger partial charge on any atom is -0.477 e. The van der Waals surface area contributed by atoms with Crippen molar-refractivity contribution in [3.63, 3.8) is 0 Å². The highest BCUT2D eigenvalue weighted by atomic mass is 16.5. The lowest BCUT2D eigenvalue weighted by Gasteiger charge is -2.17. The van der Waals surface area contributed by atoms with Gasteiger partial charge in [-0.3, -0.25) is 4.79 Å². The lowest BCUT2D eigenvalue weighted by atomic mass is 10.1. The summed E-state index contributed by atoms with van der Waals surface area (Å²) in [5.41, 5.74) is 0.466. The average molecular weight is 345 g/mol. The van der Waals surface area contributed by atoms with Gasteiger partial charge in [0.1, 0.15) is 18.0 Å². The third-order valence-electron chi connectivity index (χ3n) is 4.23. The van der Waals surface area contributed by atoms with Crippen molar-refractivity contribution in [3.05, 3.63) is 35.5 Å². The van der Waals surface area contributed by atoms with Crippen molar-refractivity contribution >= 4 is 5.91 Å². The van der Waals surface area contributed by atoms with Gasteiger partial charge in [-0.05, 0) is 31.9 Å². The molecule has 134 valence electrons. The second-order valence-corrected chi connectivity index (χ2v) is 5.90. The zero-order chi connectivity index (χ0) is 17.6. The van der Waals surface area contributed by atoms with E-state index in [0.29, 0.717) is 24.7 Å². The van der Waals surface area contributed by atoms with E-state index >= 15 is 0 Å². The molecular formula is C17H23N5O3. The van der Waals surface area contributed by atoms with Crippen molar-refractivity contribution in [2.75, 3.05) is 13.7 Å². The maximum Gasteiger partial charge on any atom is 0.256 e. The molecule has 0 aliphatic carbocycles. The predicted octanol–water partition coefficient (Wildman–Crippen LogP) is 1.35. The number of aryl methyl sites for hydroxylation is 1. The number of carbonyl (C=O) groups excluding carboxylic acids is 1. The molecule has 2 aromatic rings. The van der Waals surface area contributed by atoms with E-state index in [-0.39, 0.29) is 11.9 Å². The predicted molar refractivity (Wildman–Crippen MR) is 90.3 cm³/mol. The Balaban J connectivity index is 1.66. The Kier molecular flexibility index (Phi) is 5.60. The molecule has 1 aliphatic heterocycles. The van der Waals surface area contributed by atoms with Crippen molar-refractivity contribution in [3.8, 4) is 5.88 Å². The summed E-state index contributed by atoms with van der Waals surface area (Å²) in [6.07, 6.45) is 4.03. The third-order valence-corrected chi connectivity index (χ3v) is 4.23. The smallest absolute Gasteiger partial charge is 0.256 e. The Morgan fingerprint density at radius 3 is 3.08 bits per heavy atom. The van der Waals surface area contributed by atoms with Gasteiger partial charge in [0.2, 0.25) is 5.88 Å². The first-order valence-electron chi connectivity index (χ1n) is 8.51. The van der Waals surface area contributed by atoms with Gasteiger partial charge in [-0.1, -0.05) is 0 Å². The Morgan fingerprint density at radius 1 is 1.40 bits per heavy atom. The standard InChI is InChI=1S/C17H23N5O3/c1-3-25-17-13(5-4-9-18-17)16(23)19-12-6-7-14-20-21-15(11-24-2)22(14)10-8-12/h4-5,9,12H,3,6-8,10-11H2,1-2H3,(H,19,23). The lowest BCUT2D eigenvalue weighted by molar-refractivity contribution is 0.0928. The van der Waals surface area contributed by atoms with Gasteiger partial charge in [0.15, 0.2) is 5.82 Å². The molecule has 0 fully saturated rings. The molecule has 1 N–H and O–H groups in total. The molecule has 0 saturated heterocycles. The van der Waals surface area contributed by atoms with Gasteiger partial charge in [0.25, 0.3) is 5.91 Å². The van der Waals surface area contributed by atoms with E-state index < -0.39 is 0 Å². The maximum atomic E-state index is 12.6. The fourth-order valence-electron chi connectivity index (χ4n) is 3.01. The summed E-state index contributed by atoms with van der Waals surface area (Å²) in [5.74, 6) is 1.99. The zero-order valence-corrected chi connectivity index (χ0v) is 14.6. The summed E-state index contributed by atoms with van der Waals surface area (Å²) >= 11 is 0. The van der Waals surface area contributed by atoms with Gasteiger partial charge in [0.05, 0.1) is 6.61 Å². The minimum atomic E-state index is -0.156. The molecule has 0 radical (unpaired) electrons. The highest BCUT2D eigenvalue weighted by Crippen LogP contribution is 2.18. The van der Waals surface area contributed by atoms with Gasteiger partial charge >= 0.3 is 0 Å². The van der Waals surface area contributed by atoms with E-state index in [4.69, 9.17) is 9.47 Å². The number of methoxy groups -OCH3 is 1. The Labute approximate surface area is 146 Å². The molecule has 8 heteroatoms. The number of hydrogen-bond acceptors (Lipinski definition) is 6. The lowest BCUT2D eigenvalue weighted by Crippen LogP contribution is -2.35. The van der Waals surface area contributed by atoms with Crippen molar-refractivity contribution in [1.29, 1.82) is 0 Å². The number of nitrogens with one attached hydrogen (secondary N) is 1. The van der Waals surface area contributed by atoms with Crippen LogP contribution in [0.4, 0.5) is 0 Å². The van der Waals surface area contributed by atoms with Gasteiger partial charge in [0, 0.05) is 32.3 Å². The molecule has 8 nitrogen and oxygen atoms in total. The molecule has 3 rings (SSSR count). The molecular weight excluding hydrogens is 322 g/mol. The van der Waals surface area contributed by atoms with Gasteiger partial charge in [-0.2, -0.15) is 0 Å². The number of carbonyl (C=O) groups is 1. The molecule has 0 bridgehead atoms. The maximum absolute atomic E-state index is 12.6. The van der Waals surface area contributed by atoms with Crippen LogP contribution in [0.3, 0.4) is 0 Å². The molecule has 1 unspecified atom stereocenters. The first kappa shape index (κ1) is 17.3. The van der Waals surface area contributed by atoms with Crippen LogP contribution in [-0.4, -0.2) is 45.4 Å².